The van der Waals surface area contributed by atoms with Crippen LogP contribution in [0.4, 0.5) is 0 Å². The third-order valence-electron chi connectivity index (χ3n) is 4.48. The molecule has 1 aromatic heterocycles. The summed E-state index contributed by atoms with van der Waals surface area (Å²) >= 11 is 0. The van der Waals surface area contributed by atoms with E-state index >= 15 is 0 Å². The molecule has 7 nitrogen and oxygen atoms in total. The topological polar surface area (TPSA) is 77.7 Å². The Kier molecular flexibility index (Phi) is 6.49. The standard InChI is InChI=1S/C22H25N3O4/c1-5-19(28-18-11-9-17(27-4)10-12-18)22(26)25(3)14-20-23-21(24-29-20)16-8-6-7-15(2)13-16/h6-13,19H,5,14H2,1-4H3/t19-/m0/s1. The van der Waals surface area contributed by atoms with Gasteiger partial charge in [-0.15, -0.1) is 0 Å². The SMILES string of the molecule is CC[C@H](Oc1ccc(OC)cc1)C(=O)N(C)Cc1nc(-c2cccc(C)c2)no1. The molecule has 0 radical (unpaired) electrons. The average Bonchev–Trinajstić information content (AvgIpc) is 3.20. The molecule has 0 aliphatic heterocycles. The maximum Gasteiger partial charge on any atom is 0.263 e. The zero-order valence-corrected chi connectivity index (χ0v) is 17.1. The number of ether oxygens (including phenoxy) is 2. The number of rotatable bonds is 8. The predicted octanol–water partition coefficient (Wildman–Crippen LogP) is 3.87. The summed E-state index contributed by atoms with van der Waals surface area (Å²) in [7, 11) is 3.30. The summed E-state index contributed by atoms with van der Waals surface area (Å²) in [6, 6.07) is 15.0. The highest BCUT2D eigenvalue weighted by molar-refractivity contribution is 5.81. The molecule has 29 heavy (non-hydrogen) atoms. The average molecular weight is 395 g/mol. The molecule has 2 aromatic carbocycles. The first kappa shape index (κ1) is 20.4. The monoisotopic (exact) mass is 395 g/mol. The molecule has 0 bridgehead atoms. The van der Waals surface area contributed by atoms with Gasteiger partial charge in [-0.2, -0.15) is 4.98 Å². The number of methoxy groups -OCH3 is 1. The van der Waals surface area contributed by atoms with E-state index < -0.39 is 6.10 Å². The highest BCUT2D eigenvalue weighted by Crippen LogP contribution is 2.20. The summed E-state index contributed by atoms with van der Waals surface area (Å²) in [4.78, 5) is 18.8. The van der Waals surface area contributed by atoms with Gasteiger partial charge in [0.1, 0.15) is 11.5 Å². The Morgan fingerprint density at radius 1 is 1.17 bits per heavy atom. The number of nitrogens with zero attached hydrogens (tertiary/aromatic N) is 3. The van der Waals surface area contributed by atoms with Crippen molar-refractivity contribution in [3.63, 3.8) is 0 Å². The number of hydrogen-bond acceptors (Lipinski definition) is 6. The Morgan fingerprint density at radius 2 is 1.90 bits per heavy atom. The van der Waals surface area contributed by atoms with E-state index in [2.05, 4.69) is 10.1 Å². The van der Waals surface area contributed by atoms with Crippen LogP contribution in [0.1, 0.15) is 24.8 Å². The molecule has 1 heterocycles. The van der Waals surface area contributed by atoms with Crippen molar-refractivity contribution < 1.29 is 18.8 Å². The molecule has 0 aliphatic rings. The first-order valence-electron chi connectivity index (χ1n) is 9.45. The van der Waals surface area contributed by atoms with Gasteiger partial charge < -0.3 is 18.9 Å². The molecule has 0 spiro atoms. The number of carbonyl (C=O) groups is 1. The number of amides is 1. The second-order valence-corrected chi connectivity index (χ2v) is 6.77. The van der Waals surface area contributed by atoms with E-state index in [1.165, 1.54) is 4.90 Å². The van der Waals surface area contributed by atoms with E-state index in [0.29, 0.717) is 23.9 Å². The van der Waals surface area contributed by atoms with Crippen molar-refractivity contribution in [1.82, 2.24) is 15.0 Å². The lowest BCUT2D eigenvalue weighted by molar-refractivity contribution is -0.138. The number of carbonyl (C=O) groups excluding carboxylic acids is 1. The molecule has 3 rings (SSSR count). The Bertz CT molecular complexity index is 953. The molecule has 0 saturated heterocycles. The Hall–Kier alpha value is -3.35. The molecule has 152 valence electrons. The molecule has 0 unspecified atom stereocenters. The summed E-state index contributed by atoms with van der Waals surface area (Å²) in [5.74, 6) is 2.06. The molecule has 1 atom stereocenters. The zero-order valence-electron chi connectivity index (χ0n) is 17.1. The third-order valence-corrected chi connectivity index (χ3v) is 4.48. The second kappa shape index (κ2) is 9.23. The number of hydrogen-bond donors (Lipinski definition) is 0. The first-order chi connectivity index (χ1) is 14.0. The summed E-state index contributed by atoms with van der Waals surface area (Å²) in [5.41, 5.74) is 1.99. The maximum absolute atomic E-state index is 12.8. The van der Waals surface area contributed by atoms with E-state index in [9.17, 15) is 4.79 Å². The summed E-state index contributed by atoms with van der Waals surface area (Å²) in [5, 5.41) is 4.02. The fraction of sp³-hybridized carbons (Fsp3) is 0.318. The van der Waals surface area contributed by atoms with E-state index in [1.54, 1.807) is 38.4 Å². The molecule has 0 N–H and O–H groups in total. The molecule has 0 aliphatic carbocycles. The van der Waals surface area contributed by atoms with Gasteiger partial charge in [0.15, 0.2) is 6.10 Å². The Balaban J connectivity index is 1.64. The van der Waals surface area contributed by atoms with Gasteiger partial charge in [0.25, 0.3) is 5.91 Å². The van der Waals surface area contributed by atoms with Gasteiger partial charge in [-0.3, -0.25) is 4.79 Å². The third kappa shape index (κ3) is 5.13. The predicted molar refractivity (Wildman–Crippen MR) is 109 cm³/mol. The lowest BCUT2D eigenvalue weighted by Gasteiger charge is -2.22. The van der Waals surface area contributed by atoms with Gasteiger partial charge in [-0.25, -0.2) is 0 Å². The van der Waals surface area contributed by atoms with Crippen LogP contribution in [-0.2, 0) is 11.3 Å². The maximum atomic E-state index is 12.8. The van der Waals surface area contributed by atoms with E-state index in [0.717, 1.165) is 16.9 Å². The smallest absolute Gasteiger partial charge is 0.263 e. The van der Waals surface area contributed by atoms with Gasteiger partial charge >= 0.3 is 0 Å². The van der Waals surface area contributed by atoms with Crippen LogP contribution in [0.3, 0.4) is 0 Å². The van der Waals surface area contributed by atoms with Gasteiger partial charge in [0.05, 0.1) is 13.7 Å². The van der Waals surface area contributed by atoms with Crippen molar-refractivity contribution in [1.29, 1.82) is 0 Å². The van der Waals surface area contributed by atoms with Crippen LogP contribution in [0.15, 0.2) is 53.1 Å². The number of benzene rings is 2. The lowest BCUT2D eigenvalue weighted by atomic mass is 10.1. The van der Waals surface area contributed by atoms with Gasteiger partial charge in [0, 0.05) is 12.6 Å². The van der Waals surface area contributed by atoms with Crippen LogP contribution < -0.4 is 9.47 Å². The zero-order chi connectivity index (χ0) is 20.8. The van der Waals surface area contributed by atoms with Crippen LogP contribution in [0.25, 0.3) is 11.4 Å². The Morgan fingerprint density at radius 3 is 2.55 bits per heavy atom. The van der Waals surface area contributed by atoms with Crippen LogP contribution in [0.5, 0.6) is 11.5 Å². The molecular formula is C22H25N3O4. The summed E-state index contributed by atoms with van der Waals surface area (Å²) in [6.45, 7) is 4.12. The van der Waals surface area contributed by atoms with Gasteiger partial charge in [-0.1, -0.05) is 35.8 Å². The molecule has 1 amide bonds. The lowest BCUT2D eigenvalue weighted by Crippen LogP contribution is -2.39. The summed E-state index contributed by atoms with van der Waals surface area (Å²) < 4.78 is 16.3. The highest BCUT2D eigenvalue weighted by Gasteiger charge is 2.24. The molecule has 0 fully saturated rings. The first-order valence-corrected chi connectivity index (χ1v) is 9.45. The van der Waals surface area contributed by atoms with Crippen molar-refractivity contribution in [2.75, 3.05) is 14.2 Å². The van der Waals surface area contributed by atoms with Crippen LogP contribution >= 0.6 is 0 Å². The minimum Gasteiger partial charge on any atom is -0.497 e. The van der Waals surface area contributed by atoms with E-state index in [-0.39, 0.29) is 12.5 Å². The number of likely N-dealkylation sites (N-methyl/N-ethyl adjacent to an activating group) is 1. The molecule has 3 aromatic rings. The molecule has 0 saturated carbocycles. The fourth-order valence-corrected chi connectivity index (χ4v) is 2.87. The van der Waals surface area contributed by atoms with Crippen LogP contribution in [0.2, 0.25) is 0 Å². The highest BCUT2D eigenvalue weighted by atomic mass is 16.5. The van der Waals surface area contributed by atoms with Gasteiger partial charge in [0.2, 0.25) is 11.7 Å². The fourth-order valence-electron chi connectivity index (χ4n) is 2.87. The number of aromatic nitrogens is 2. The summed E-state index contributed by atoms with van der Waals surface area (Å²) in [6.07, 6.45) is -0.0688. The molecule has 7 heteroatoms. The normalized spacial score (nSPS) is 11.7. The van der Waals surface area contributed by atoms with Crippen LogP contribution in [0, 0.1) is 6.92 Å². The van der Waals surface area contributed by atoms with Crippen molar-refractivity contribution in [2.45, 2.75) is 32.9 Å². The Labute approximate surface area is 170 Å². The van der Waals surface area contributed by atoms with Crippen LogP contribution in [-0.4, -0.2) is 41.2 Å². The molecular weight excluding hydrogens is 370 g/mol. The van der Waals surface area contributed by atoms with Crippen molar-refractivity contribution in [2.24, 2.45) is 0 Å². The minimum absolute atomic E-state index is 0.154. The van der Waals surface area contributed by atoms with Crippen molar-refractivity contribution in [3.05, 3.63) is 60.0 Å². The van der Waals surface area contributed by atoms with Crippen molar-refractivity contribution >= 4 is 5.91 Å². The largest absolute Gasteiger partial charge is 0.497 e. The quantitative estimate of drug-likeness (QED) is 0.576. The minimum atomic E-state index is -0.604. The number of aryl methyl sites for hydroxylation is 1. The van der Waals surface area contributed by atoms with E-state index in [1.807, 2.05) is 38.1 Å². The second-order valence-electron chi connectivity index (χ2n) is 6.77. The van der Waals surface area contributed by atoms with Gasteiger partial charge in [-0.05, 0) is 43.7 Å². The van der Waals surface area contributed by atoms with Crippen molar-refractivity contribution in [3.8, 4) is 22.9 Å². The van der Waals surface area contributed by atoms with E-state index in [4.69, 9.17) is 14.0 Å².